The summed E-state index contributed by atoms with van der Waals surface area (Å²) >= 11 is 0. The third-order valence-corrected chi connectivity index (χ3v) is 4.25. The maximum atomic E-state index is 12.8. The number of allylic oxidation sites excluding steroid dienone is 1. The van der Waals surface area contributed by atoms with Gasteiger partial charge in [0.25, 0.3) is 0 Å². The number of hydrogen-bond acceptors (Lipinski definition) is 3. The fraction of sp³-hybridized carbons (Fsp3) is 0.0455. The largest absolute Gasteiger partial charge is 0.289 e. The summed E-state index contributed by atoms with van der Waals surface area (Å²) in [4.78, 5) is 12.8. The van der Waals surface area contributed by atoms with E-state index < -0.39 is 0 Å². The van der Waals surface area contributed by atoms with Crippen LogP contribution in [-0.4, -0.2) is 20.8 Å². The fourth-order valence-electron chi connectivity index (χ4n) is 2.85. The van der Waals surface area contributed by atoms with Crippen molar-refractivity contribution in [3.05, 3.63) is 102 Å². The van der Waals surface area contributed by atoms with Crippen LogP contribution in [0.4, 0.5) is 0 Å². The summed E-state index contributed by atoms with van der Waals surface area (Å²) in [5.74, 6) is -0.0663. The molecule has 0 fully saturated rings. The summed E-state index contributed by atoms with van der Waals surface area (Å²) in [5, 5.41) is 8.50. The second-order valence-corrected chi connectivity index (χ2v) is 6.12. The summed E-state index contributed by atoms with van der Waals surface area (Å²) in [6, 6.07) is 25.0. The minimum absolute atomic E-state index is 0.0663. The van der Waals surface area contributed by atoms with Crippen molar-refractivity contribution >= 4 is 22.5 Å². The molecule has 4 nitrogen and oxygen atoms in total. The highest BCUT2D eigenvalue weighted by Crippen LogP contribution is 2.22. The maximum Gasteiger partial charge on any atom is 0.188 e. The Morgan fingerprint density at radius 2 is 1.54 bits per heavy atom. The molecule has 0 amide bonds. The van der Waals surface area contributed by atoms with Gasteiger partial charge in [-0.05, 0) is 19.1 Å². The second kappa shape index (κ2) is 6.76. The number of para-hydroxylation sites is 1. The predicted molar refractivity (Wildman–Crippen MR) is 103 cm³/mol. The van der Waals surface area contributed by atoms with Gasteiger partial charge < -0.3 is 0 Å². The lowest BCUT2D eigenvalue weighted by molar-refractivity contribution is 0.104. The highest BCUT2D eigenvalue weighted by atomic mass is 16.1. The lowest BCUT2D eigenvalue weighted by atomic mass is 10.1. The molecule has 1 aromatic heterocycles. The first-order valence-electron chi connectivity index (χ1n) is 8.41. The molecule has 0 saturated heterocycles. The van der Waals surface area contributed by atoms with Crippen LogP contribution >= 0.6 is 0 Å². The number of aryl methyl sites for hydroxylation is 1. The van der Waals surface area contributed by atoms with Gasteiger partial charge in [-0.25, -0.2) is 4.68 Å². The van der Waals surface area contributed by atoms with Crippen molar-refractivity contribution in [1.29, 1.82) is 0 Å². The predicted octanol–water partition coefficient (Wildman–Crippen LogP) is 4.51. The highest BCUT2D eigenvalue weighted by molar-refractivity contribution is 6.08. The first kappa shape index (κ1) is 16.0. The van der Waals surface area contributed by atoms with E-state index >= 15 is 0 Å². The van der Waals surface area contributed by atoms with Crippen LogP contribution in [0.3, 0.4) is 0 Å². The average molecular weight is 339 g/mol. The van der Waals surface area contributed by atoms with Crippen LogP contribution in [-0.2, 0) is 0 Å². The molecule has 0 N–H and O–H groups in total. The number of benzene rings is 3. The van der Waals surface area contributed by atoms with Crippen molar-refractivity contribution in [2.75, 3.05) is 0 Å². The fourth-order valence-corrected chi connectivity index (χ4v) is 2.85. The summed E-state index contributed by atoms with van der Waals surface area (Å²) in [7, 11) is 0. The number of carbonyl (C=O) groups excluding carboxylic acids is 1. The summed E-state index contributed by atoms with van der Waals surface area (Å²) < 4.78 is 1.72. The van der Waals surface area contributed by atoms with Crippen molar-refractivity contribution in [2.24, 2.45) is 0 Å². The SMILES string of the molecule is Cc1ccc(C(=O)C=C(c2ccccc2)n2nnc3ccccc32)cc1. The van der Waals surface area contributed by atoms with E-state index in [1.54, 1.807) is 10.8 Å². The van der Waals surface area contributed by atoms with Crippen LogP contribution in [0.15, 0.2) is 84.9 Å². The Morgan fingerprint density at radius 3 is 2.31 bits per heavy atom. The Bertz CT molecular complexity index is 1090. The Hall–Kier alpha value is -3.53. The van der Waals surface area contributed by atoms with Crippen LogP contribution in [0.2, 0.25) is 0 Å². The van der Waals surface area contributed by atoms with E-state index in [9.17, 15) is 4.79 Å². The Balaban J connectivity index is 1.86. The monoisotopic (exact) mass is 339 g/mol. The van der Waals surface area contributed by atoms with E-state index in [0.717, 1.165) is 22.2 Å². The molecule has 0 aliphatic rings. The van der Waals surface area contributed by atoms with Gasteiger partial charge in [0.15, 0.2) is 5.78 Å². The van der Waals surface area contributed by atoms with Crippen molar-refractivity contribution in [3.63, 3.8) is 0 Å². The number of ketones is 1. The van der Waals surface area contributed by atoms with Crippen LogP contribution < -0.4 is 0 Å². The summed E-state index contributed by atoms with van der Waals surface area (Å²) in [6.07, 6.45) is 1.63. The number of carbonyl (C=O) groups is 1. The smallest absolute Gasteiger partial charge is 0.188 e. The van der Waals surface area contributed by atoms with E-state index in [0.29, 0.717) is 11.3 Å². The second-order valence-electron chi connectivity index (χ2n) is 6.12. The normalized spacial score (nSPS) is 11.7. The van der Waals surface area contributed by atoms with Gasteiger partial charge in [0, 0.05) is 17.2 Å². The molecule has 4 rings (SSSR count). The van der Waals surface area contributed by atoms with Crippen molar-refractivity contribution in [2.45, 2.75) is 6.92 Å². The first-order chi connectivity index (χ1) is 12.7. The first-order valence-corrected chi connectivity index (χ1v) is 8.41. The molecule has 0 unspecified atom stereocenters. The van der Waals surface area contributed by atoms with Gasteiger partial charge in [0.05, 0.1) is 11.2 Å². The third-order valence-electron chi connectivity index (χ3n) is 4.25. The molecule has 26 heavy (non-hydrogen) atoms. The van der Waals surface area contributed by atoms with Gasteiger partial charge in [0.2, 0.25) is 0 Å². The molecule has 0 spiro atoms. The van der Waals surface area contributed by atoms with E-state index in [-0.39, 0.29) is 5.78 Å². The molecule has 0 bridgehead atoms. The lowest BCUT2D eigenvalue weighted by Crippen LogP contribution is -2.05. The topological polar surface area (TPSA) is 47.8 Å². The number of aromatic nitrogens is 3. The van der Waals surface area contributed by atoms with Crippen molar-refractivity contribution in [3.8, 4) is 0 Å². The molecular formula is C22H17N3O. The maximum absolute atomic E-state index is 12.8. The zero-order valence-corrected chi connectivity index (χ0v) is 14.3. The molecule has 4 heteroatoms. The Kier molecular flexibility index (Phi) is 4.15. The molecule has 4 aromatic rings. The minimum Gasteiger partial charge on any atom is -0.289 e. The quantitative estimate of drug-likeness (QED) is 0.406. The average Bonchev–Trinajstić information content (AvgIpc) is 3.11. The summed E-state index contributed by atoms with van der Waals surface area (Å²) in [5.41, 5.74) is 5.02. The molecule has 0 radical (unpaired) electrons. The van der Waals surface area contributed by atoms with Crippen molar-refractivity contribution < 1.29 is 4.79 Å². The molecule has 1 heterocycles. The third kappa shape index (κ3) is 3.05. The molecule has 126 valence electrons. The molecule has 0 atom stereocenters. The standard InChI is InChI=1S/C22H17N3O/c1-16-11-13-18(14-12-16)22(26)15-21(17-7-3-2-4-8-17)25-20-10-6-5-9-19(20)23-24-25/h2-15H,1H3. The van der Waals surface area contributed by atoms with Gasteiger partial charge >= 0.3 is 0 Å². The van der Waals surface area contributed by atoms with E-state index in [4.69, 9.17) is 0 Å². The van der Waals surface area contributed by atoms with Crippen molar-refractivity contribution in [1.82, 2.24) is 15.0 Å². The number of hydrogen-bond donors (Lipinski definition) is 0. The van der Waals surface area contributed by atoms with Crippen LogP contribution in [0.1, 0.15) is 21.5 Å². The molecule has 0 saturated carbocycles. The lowest BCUT2D eigenvalue weighted by Gasteiger charge is -2.09. The molecular weight excluding hydrogens is 322 g/mol. The van der Waals surface area contributed by atoms with Gasteiger partial charge in [-0.15, -0.1) is 5.10 Å². The zero-order valence-electron chi connectivity index (χ0n) is 14.3. The Labute approximate surface area is 151 Å². The number of rotatable bonds is 4. The van der Waals surface area contributed by atoms with Gasteiger partial charge in [0.1, 0.15) is 5.52 Å². The van der Waals surface area contributed by atoms with Gasteiger partial charge in [-0.2, -0.15) is 0 Å². The Morgan fingerprint density at radius 1 is 0.846 bits per heavy atom. The highest BCUT2D eigenvalue weighted by Gasteiger charge is 2.13. The zero-order chi connectivity index (χ0) is 17.9. The van der Waals surface area contributed by atoms with E-state index in [2.05, 4.69) is 10.3 Å². The number of fused-ring (bicyclic) bond motifs is 1. The van der Waals surface area contributed by atoms with Crippen LogP contribution in [0, 0.1) is 6.92 Å². The van der Waals surface area contributed by atoms with Gasteiger partial charge in [-0.3, -0.25) is 4.79 Å². The molecule has 3 aromatic carbocycles. The van der Waals surface area contributed by atoms with E-state index in [1.165, 1.54) is 0 Å². The number of nitrogens with zero attached hydrogens (tertiary/aromatic N) is 3. The summed E-state index contributed by atoms with van der Waals surface area (Å²) in [6.45, 7) is 2.00. The van der Waals surface area contributed by atoms with Crippen LogP contribution in [0.25, 0.3) is 16.7 Å². The molecule has 0 aliphatic heterocycles. The molecule has 0 aliphatic carbocycles. The van der Waals surface area contributed by atoms with Crippen LogP contribution in [0.5, 0.6) is 0 Å². The van der Waals surface area contributed by atoms with Gasteiger partial charge in [-0.1, -0.05) is 77.5 Å². The van der Waals surface area contributed by atoms with E-state index in [1.807, 2.05) is 85.8 Å². The minimum atomic E-state index is -0.0663.